The number of hydrogen-bond acceptors (Lipinski definition) is 7. The molecule has 0 spiro atoms. The second-order valence-corrected chi connectivity index (χ2v) is 8.44. The van der Waals surface area contributed by atoms with Crippen molar-refractivity contribution in [2.24, 2.45) is 0 Å². The SMILES string of the molecule is Cc1nnc2sc(CCNS(=O)(=O)c3ccc4c(c3)CC(=O)N4)nn12. The van der Waals surface area contributed by atoms with Crippen LogP contribution in [0.4, 0.5) is 5.69 Å². The molecule has 4 rings (SSSR count). The number of anilines is 1. The number of amides is 1. The molecule has 0 radical (unpaired) electrons. The van der Waals surface area contributed by atoms with Crippen LogP contribution in [0.1, 0.15) is 16.4 Å². The third-order valence-electron chi connectivity index (χ3n) is 3.83. The predicted octanol–water partition coefficient (Wildman–Crippen LogP) is 0.510. The lowest BCUT2D eigenvalue weighted by Crippen LogP contribution is -2.26. The van der Waals surface area contributed by atoms with Gasteiger partial charge in [-0.2, -0.15) is 9.61 Å². The molecule has 0 saturated heterocycles. The van der Waals surface area contributed by atoms with E-state index in [1.165, 1.54) is 23.5 Å². The summed E-state index contributed by atoms with van der Waals surface area (Å²) < 4.78 is 29.0. The Morgan fingerprint density at radius 2 is 2.20 bits per heavy atom. The molecular weight excluding hydrogens is 364 g/mol. The van der Waals surface area contributed by atoms with Gasteiger partial charge in [0.1, 0.15) is 5.01 Å². The number of hydrogen-bond donors (Lipinski definition) is 2. The lowest BCUT2D eigenvalue weighted by molar-refractivity contribution is -0.115. The molecule has 9 nitrogen and oxygen atoms in total. The van der Waals surface area contributed by atoms with Crippen molar-refractivity contribution in [2.75, 3.05) is 11.9 Å². The van der Waals surface area contributed by atoms with Gasteiger partial charge in [-0.3, -0.25) is 4.79 Å². The number of nitrogens with one attached hydrogen (secondary N) is 2. The van der Waals surface area contributed by atoms with Crippen molar-refractivity contribution in [2.45, 2.75) is 24.7 Å². The number of aromatic nitrogens is 4. The van der Waals surface area contributed by atoms with Gasteiger partial charge in [0.2, 0.25) is 20.9 Å². The van der Waals surface area contributed by atoms with Crippen molar-refractivity contribution in [3.8, 4) is 0 Å². The van der Waals surface area contributed by atoms with Gasteiger partial charge in [-0.05, 0) is 30.7 Å². The molecule has 0 saturated carbocycles. The summed E-state index contributed by atoms with van der Waals surface area (Å²) in [4.78, 5) is 12.2. The molecule has 25 heavy (non-hydrogen) atoms. The Morgan fingerprint density at radius 3 is 3.00 bits per heavy atom. The highest BCUT2D eigenvalue weighted by Crippen LogP contribution is 2.25. The second-order valence-electron chi connectivity index (χ2n) is 5.63. The maximum atomic E-state index is 12.4. The first-order chi connectivity index (χ1) is 11.9. The number of rotatable bonds is 5. The molecule has 130 valence electrons. The maximum Gasteiger partial charge on any atom is 0.240 e. The van der Waals surface area contributed by atoms with E-state index < -0.39 is 10.0 Å². The minimum Gasteiger partial charge on any atom is -0.326 e. The second kappa shape index (κ2) is 5.86. The first-order valence-corrected chi connectivity index (χ1v) is 9.82. The van der Waals surface area contributed by atoms with Gasteiger partial charge in [0, 0.05) is 18.7 Å². The van der Waals surface area contributed by atoms with Crippen molar-refractivity contribution < 1.29 is 13.2 Å². The molecule has 1 aromatic carbocycles. The Kier molecular flexibility index (Phi) is 3.78. The molecule has 0 atom stereocenters. The van der Waals surface area contributed by atoms with E-state index in [1.54, 1.807) is 17.5 Å². The number of aryl methyl sites for hydroxylation is 1. The van der Waals surface area contributed by atoms with E-state index in [4.69, 9.17) is 0 Å². The molecule has 0 fully saturated rings. The Hall–Kier alpha value is -2.37. The summed E-state index contributed by atoms with van der Waals surface area (Å²) in [6, 6.07) is 4.63. The van der Waals surface area contributed by atoms with Crippen LogP contribution in [0.2, 0.25) is 0 Å². The molecule has 2 aromatic heterocycles. The van der Waals surface area contributed by atoms with Gasteiger partial charge >= 0.3 is 0 Å². The molecule has 2 N–H and O–H groups in total. The molecule has 0 aliphatic carbocycles. The maximum absolute atomic E-state index is 12.4. The average molecular weight is 378 g/mol. The first-order valence-electron chi connectivity index (χ1n) is 7.52. The minimum absolute atomic E-state index is 0.129. The van der Waals surface area contributed by atoms with Crippen molar-refractivity contribution in [1.82, 2.24) is 24.5 Å². The summed E-state index contributed by atoms with van der Waals surface area (Å²) >= 11 is 1.38. The van der Waals surface area contributed by atoms with E-state index >= 15 is 0 Å². The summed E-state index contributed by atoms with van der Waals surface area (Å²) in [7, 11) is -3.64. The Labute approximate surface area is 147 Å². The summed E-state index contributed by atoms with van der Waals surface area (Å²) in [6.45, 7) is 2.03. The number of benzene rings is 1. The zero-order valence-corrected chi connectivity index (χ0v) is 14.8. The molecule has 3 aromatic rings. The molecule has 11 heteroatoms. The number of nitrogens with zero attached hydrogens (tertiary/aromatic N) is 4. The van der Waals surface area contributed by atoms with E-state index in [9.17, 15) is 13.2 Å². The van der Waals surface area contributed by atoms with Crippen LogP contribution in [-0.4, -0.2) is 40.7 Å². The van der Waals surface area contributed by atoms with Crippen LogP contribution < -0.4 is 10.0 Å². The lowest BCUT2D eigenvalue weighted by Gasteiger charge is -2.07. The van der Waals surface area contributed by atoms with Gasteiger partial charge in [0.25, 0.3) is 0 Å². The standard InChI is InChI=1S/C14H14N6O3S2/c1-8-17-18-14-20(8)19-13(24-14)4-5-15-25(22,23)10-2-3-11-9(6-10)7-12(21)16-11/h2-3,6,15H,4-5,7H2,1H3,(H,16,21). The van der Waals surface area contributed by atoms with Gasteiger partial charge in [0.05, 0.1) is 11.3 Å². The van der Waals surface area contributed by atoms with Gasteiger partial charge in [-0.15, -0.1) is 10.2 Å². The number of carbonyl (C=O) groups is 1. The van der Waals surface area contributed by atoms with Crippen molar-refractivity contribution in [3.05, 3.63) is 34.6 Å². The van der Waals surface area contributed by atoms with E-state index in [-0.39, 0.29) is 23.8 Å². The number of sulfonamides is 1. The first kappa shape index (κ1) is 16.1. The molecule has 0 unspecified atom stereocenters. The summed E-state index contributed by atoms with van der Waals surface area (Å²) in [6.07, 6.45) is 0.655. The topological polar surface area (TPSA) is 118 Å². The number of fused-ring (bicyclic) bond motifs is 2. The molecule has 1 aliphatic rings. The Morgan fingerprint density at radius 1 is 1.36 bits per heavy atom. The van der Waals surface area contributed by atoms with E-state index in [0.29, 0.717) is 28.5 Å². The fourth-order valence-corrected chi connectivity index (χ4v) is 4.56. The fourth-order valence-electron chi connectivity index (χ4n) is 2.60. The third kappa shape index (κ3) is 3.01. The number of carbonyl (C=O) groups excluding carboxylic acids is 1. The highest BCUT2D eigenvalue weighted by Gasteiger charge is 2.21. The van der Waals surface area contributed by atoms with Crippen LogP contribution in [0.15, 0.2) is 23.1 Å². The summed E-state index contributed by atoms with van der Waals surface area (Å²) in [5.41, 5.74) is 1.36. The summed E-state index contributed by atoms with van der Waals surface area (Å²) in [5, 5.41) is 15.7. The van der Waals surface area contributed by atoms with Crippen LogP contribution >= 0.6 is 11.3 Å². The van der Waals surface area contributed by atoms with E-state index in [1.807, 2.05) is 0 Å². The van der Waals surface area contributed by atoms with Crippen molar-refractivity contribution >= 4 is 37.9 Å². The Bertz CT molecular complexity index is 1090. The predicted molar refractivity (Wildman–Crippen MR) is 91.1 cm³/mol. The minimum atomic E-state index is -3.64. The highest BCUT2D eigenvalue weighted by atomic mass is 32.2. The van der Waals surface area contributed by atoms with Gasteiger partial charge in [0.15, 0.2) is 5.82 Å². The highest BCUT2D eigenvalue weighted by molar-refractivity contribution is 7.89. The van der Waals surface area contributed by atoms with E-state index in [0.717, 1.165) is 5.01 Å². The van der Waals surface area contributed by atoms with E-state index in [2.05, 4.69) is 25.3 Å². The zero-order chi connectivity index (χ0) is 17.6. The van der Waals surface area contributed by atoms with Crippen molar-refractivity contribution in [3.63, 3.8) is 0 Å². The van der Waals surface area contributed by atoms with Gasteiger partial charge < -0.3 is 5.32 Å². The zero-order valence-electron chi connectivity index (χ0n) is 13.2. The molecular formula is C14H14N6O3S2. The molecule has 0 bridgehead atoms. The van der Waals surface area contributed by atoms with Crippen molar-refractivity contribution in [1.29, 1.82) is 0 Å². The quantitative estimate of drug-likeness (QED) is 0.668. The molecule has 1 aliphatic heterocycles. The molecule has 3 heterocycles. The van der Waals surface area contributed by atoms with Crippen LogP contribution in [0.3, 0.4) is 0 Å². The monoisotopic (exact) mass is 378 g/mol. The lowest BCUT2D eigenvalue weighted by atomic mass is 10.2. The van der Waals surface area contributed by atoms with Crippen LogP contribution in [0, 0.1) is 6.92 Å². The normalized spacial score (nSPS) is 14.0. The van der Waals surface area contributed by atoms with Crippen LogP contribution in [-0.2, 0) is 27.7 Å². The van der Waals surface area contributed by atoms with Crippen LogP contribution in [0.5, 0.6) is 0 Å². The van der Waals surface area contributed by atoms with Gasteiger partial charge in [-0.1, -0.05) is 11.3 Å². The average Bonchev–Trinajstić information content (AvgIpc) is 3.21. The smallest absolute Gasteiger partial charge is 0.240 e. The third-order valence-corrected chi connectivity index (χ3v) is 6.25. The molecule has 1 amide bonds. The Balaban J connectivity index is 1.44. The van der Waals surface area contributed by atoms with Crippen LogP contribution in [0.25, 0.3) is 4.96 Å². The van der Waals surface area contributed by atoms with Gasteiger partial charge in [-0.25, -0.2) is 13.1 Å². The summed E-state index contributed by atoms with van der Waals surface area (Å²) in [5.74, 6) is 0.565. The largest absolute Gasteiger partial charge is 0.326 e. The fraction of sp³-hybridized carbons (Fsp3) is 0.286.